The molecule has 28 heavy (non-hydrogen) atoms. The fraction of sp³-hybridized carbons (Fsp3) is 0.105. The van der Waals surface area contributed by atoms with Crippen LogP contribution in [0.15, 0.2) is 60.9 Å². The Balaban J connectivity index is 1.52. The number of carbonyl (C=O) groups is 3. The summed E-state index contributed by atoms with van der Waals surface area (Å²) in [5.41, 5.74) is 5.56. The maximum atomic E-state index is 12.2. The van der Waals surface area contributed by atoms with Crippen LogP contribution in [0.5, 0.6) is 0 Å². The fourth-order valence-corrected chi connectivity index (χ4v) is 2.35. The van der Waals surface area contributed by atoms with E-state index in [2.05, 4.69) is 20.9 Å². The highest BCUT2D eigenvalue weighted by atomic mass is 16.5. The minimum Gasteiger partial charge on any atom is -0.452 e. The summed E-state index contributed by atoms with van der Waals surface area (Å²) in [7, 11) is 0. The summed E-state index contributed by atoms with van der Waals surface area (Å²) in [5.74, 6) is -1.30. The molecule has 0 aliphatic heterocycles. The van der Waals surface area contributed by atoms with Crippen LogP contribution >= 0.6 is 0 Å². The van der Waals surface area contributed by atoms with Gasteiger partial charge in [0.25, 0.3) is 11.8 Å². The second-order valence-corrected chi connectivity index (χ2v) is 5.69. The van der Waals surface area contributed by atoms with Gasteiger partial charge in [0.05, 0.1) is 11.9 Å². The zero-order valence-corrected chi connectivity index (χ0v) is 15.0. The van der Waals surface area contributed by atoms with Gasteiger partial charge in [-0.15, -0.1) is 0 Å². The number of hydrogen-bond donors (Lipinski definition) is 2. The van der Waals surface area contributed by atoms with Crippen molar-refractivity contribution in [3.63, 3.8) is 0 Å². The van der Waals surface area contributed by atoms with Crippen LogP contribution in [0, 0.1) is 6.92 Å². The van der Waals surface area contributed by atoms with Crippen LogP contribution in [0.2, 0.25) is 0 Å². The van der Waals surface area contributed by atoms with E-state index in [1.807, 2.05) is 0 Å². The Morgan fingerprint density at radius 1 is 1.04 bits per heavy atom. The molecule has 0 fully saturated rings. The first-order valence-corrected chi connectivity index (χ1v) is 8.33. The molecule has 0 aliphatic carbocycles. The average Bonchev–Trinajstić information content (AvgIpc) is 3.13. The number of benzene rings is 1. The normalized spacial score (nSPS) is 10.2. The Morgan fingerprint density at radius 2 is 1.79 bits per heavy atom. The summed E-state index contributed by atoms with van der Waals surface area (Å²) in [6.45, 7) is 1.14. The number of aromatic nitrogens is 3. The predicted molar refractivity (Wildman–Crippen MR) is 98.4 cm³/mol. The van der Waals surface area contributed by atoms with Gasteiger partial charge in [-0.3, -0.25) is 20.4 Å². The third kappa shape index (κ3) is 4.39. The lowest BCUT2D eigenvalue weighted by molar-refractivity contribution is -0.125. The van der Waals surface area contributed by atoms with Gasteiger partial charge in [0.1, 0.15) is 5.56 Å². The lowest BCUT2D eigenvalue weighted by Crippen LogP contribution is -2.43. The van der Waals surface area contributed by atoms with E-state index in [0.29, 0.717) is 17.1 Å². The number of esters is 1. The summed E-state index contributed by atoms with van der Waals surface area (Å²) >= 11 is 0. The first kappa shape index (κ1) is 18.8. The Labute approximate surface area is 160 Å². The highest BCUT2D eigenvalue weighted by molar-refractivity contribution is 5.96. The molecule has 0 aliphatic rings. The second-order valence-electron chi connectivity index (χ2n) is 5.69. The Hall–Kier alpha value is -4.01. The van der Waals surface area contributed by atoms with Crippen molar-refractivity contribution in [2.75, 3.05) is 6.61 Å². The van der Waals surface area contributed by atoms with Gasteiger partial charge in [-0.25, -0.2) is 14.5 Å². The van der Waals surface area contributed by atoms with E-state index in [-0.39, 0.29) is 5.56 Å². The average molecular weight is 379 g/mol. The molecule has 2 amide bonds. The minimum atomic E-state index is -0.704. The summed E-state index contributed by atoms with van der Waals surface area (Å²) in [5, 5.41) is 4.12. The molecule has 2 aromatic heterocycles. The number of rotatable bonds is 5. The number of carbonyl (C=O) groups excluding carboxylic acids is 3. The molecule has 0 unspecified atom stereocenters. The lowest BCUT2D eigenvalue weighted by atomic mass is 10.2. The number of amides is 2. The molecule has 2 N–H and O–H groups in total. The Kier molecular flexibility index (Phi) is 5.75. The van der Waals surface area contributed by atoms with E-state index in [0.717, 1.165) is 0 Å². The first-order valence-electron chi connectivity index (χ1n) is 8.33. The van der Waals surface area contributed by atoms with Crippen molar-refractivity contribution in [2.45, 2.75) is 6.92 Å². The van der Waals surface area contributed by atoms with Crippen molar-refractivity contribution in [3.05, 3.63) is 77.7 Å². The molecule has 142 valence electrons. The van der Waals surface area contributed by atoms with E-state index in [4.69, 9.17) is 4.74 Å². The molecule has 0 radical (unpaired) electrons. The monoisotopic (exact) mass is 379 g/mol. The summed E-state index contributed by atoms with van der Waals surface area (Å²) < 4.78 is 6.48. The third-order valence-electron chi connectivity index (χ3n) is 3.78. The SMILES string of the molecule is Cc1c(C(=O)OCC(=O)NNC(=O)c2ccccc2)cnn1-c1ccccn1. The summed E-state index contributed by atoms with van der Waals surface area (Å²) in [6.07, 6.45) is 2.96. The molecule has 0 bridgehead atoms. The van der Waals surface area contributed by atoms with Crippen LogP contribution in [-0.4, -0.2) is 39.2 Å². The molecule has 1 aromatic carbocycles. The summed E-state index contributed by atoms with van der Waals surface area (Å²) in [6, 6.07) is 13.7. The molecule has 0 saturated carbocycles. The van der Waals surface area contributed by atoms with Crippen LogP contribution in [0.3, 0.4) is 0 Å². The standard InChI is InChI=1S/C19H17N5O4/c1-13-15(11-21-24(13)16-9-5-6-10-20-16)19(27)28-12-17(25)22-23-18(26)14-7-3-2-4-8-14/h2-11H,12H2,1H3,(H,22,25)(H,23,26). The summed E-state index contributed by atoms with van der Waals surface area (Å²) in [4.78, 5) is 40.0. The van der Waals surface area contributed by atoms with Crippen molar-refractivity contribution in [3.8, 4) is 5.82 Å². The second kappa shape index (κ2) is 8.58. The van der Waals surface area contributed by atoms with E-state index in [1.165, 1.54) is 10.9 Å². The van der Waals surface area contributed by atoms with Crippen LogP contribution in [0.4, 0.5) is 0 Å². The van der Waals surface area contributed by atoms with Crippen molar-refractivity contribution in [1.29, 1.82) is 0 Å². The number of nitrogens with zero attached hydrogens (tertiary/aromatic N) is 3. The molecular formula is C19H17N5O4. The van der Waals surface area contributed by atoms with E-state index in [1.54, 1.807) is 61.7 Å². The number of hydrogen-bond acceptors (Lipinski definition) is 6. The van der Waals surface area contributed by atoms with Gasteiger partial charge in [-0.05, 0) is 31.2 Å². The van der Waals surface area contributed by atoms with E-state index in [9.17, 15) is 14.4 Å². The topological polar surface area (TPSA) is 115 Å². The predicted octanol–water partition coefficient (Wildman–Crippen LogP) is 1.19. The number of hydrazine groups is 1. The number of nitrogens with one attached hydrogen (secondary N) is 2. The van der Waals surface area contributed by atoms with E-state index < -0.39 is 24.4 Å². The van der Waals surface area contributed by atoms with Crippen LogP contribution in [-0.2, 0) is 9.53 Å². The highest BCUT2D eigenvalue weighted by Crippen LogP contribution is 2.13. The van der Waals surface area contributed by atoms with Crippen molar-refractivity contribution in [2.24, 2.45) is 0 Å². The van der Waals surface area contributed by atoms with Crippen LogP contribution < -0.4 is 10.9 Å². The molecule has 9 nitrogen and oxygen atoms in total. The number of ether oxygens (including phenoxy) is 1. The van der Waals surface area contributed by atoms with Gasteiger partial charge in [0.2, 0.25) is 0 Å². The maximum Gasteiger partial charge on any atom is 0.342 e. The quantitative estimate of drug-likeness (QED) is 0.508. The highest BCUT2D eigenvalue weighted by Gasteiger charge is 2.18. The van der Waals surface area contributed by atoms with Gasteiger partial charge >= 0.3 is 5.97 Å². The first-order chi connectivity index (χ1) is 13.6. The van der Waals surface area contributed by atoms with Crippen LogP contribution in [0.1, 0.15) is 26.4 Å². The lowest BCUT2D eigenvalue weighted by Gasteiger charge is -2.08. The van der Waals surface area contributed by atoms with Gasteiger partial charge in [0.15, 0.2) is 12.4 Å². The van der Waals surface area contributed by atoms with Gasteiger partial charge in [-0.1, -0.05) is 24.3 Å². The molecular weight excluding hydrogens is 362 g/mol. The van der Waals surface area contributed by atoms with E-state index >= 15 is 0 Å². The zero-order valence-electron chi connectivity index (χ0n) is 15.0. The largest absolute Gasteiger partial charge is 0.452 e. The number of pyridine rings is 1. The van der Waals surface area contributed by atoms with Gasteiger partial charge in [0, 0.05) is 11.8 Å². The molecule has 0 atom stereocenters. The molecule has 3 rings (SSSR count). The van der Waals surface area contributed by atoms with Crippen molar-refractivity contribution >= 4 is 17.8 Å². The third-order valence-corrected chi connectivity index (χ3v) is 3.78. The fourth-order valence-electron chi connectivity index (χ4n) is 2.35. The molecule has 2 heterocycles. The maximum absolute atomic E-state index is 12.2. The zero-order chi connectivity index (χ0) is 19.9. The van der Waals surface area contributed by atoms with Crippen molar-refractivity contribution in [1.82, 2.24) is 25.6 Å². The van der Waals surface area contributed by atoms with Gasteiger partial charge < -0.3 is 4.74 Å². The molecule has 3 aromatic rings. The van der Waals surface area contributed by atoms with Crippen molar-refractivity contribution < 1.29 is 19.1 Å². The Morgan fingerprint density at radius 3 is 2.50 bits per heavy atom. The minimum absolute atomic E-state index is 0.215. The van der Waals surface area contributed by atoms with Gasteiger partial charge in [-0.2, -0.15) is 5.10 Å². The van der Waals surface area contributed by atoms with Crippen LogP contribution in [0.25, 0.3) is 5.82 Å². The molecule has 9 heteroatoms. The molecule has 0 saturated heterocycles. The smallest absolute Gasteiger partial charge is 0.342 e. The molecule has 0 spiro atoms. The Bertz CT molecular complexity index is 986.